The normalized spacial score (nSPS) is 21.6. The van der Waals surface area contributed by atoms with E-state index in [-0.39, 0.29) is 5.92 Å². The SMILES string of the molecule is CC(C)C(C)(O)CNC1=NCCCC1. The fourth-order valence-electron chi connectivity index (χ4n) is 1.33. The second kappa shape index (κ2) is 4.78. The Kier molecular flexibility index (Phi) is 3.93. The second-order valence-electron chi connectivity index (χ2n) is 4.65. The predicted octanol–water partition coefficient (Wildman–Crippen LogP) is 1.57. The van der Waals surface area contributed by atoms with Crippen LogP contribution in [0.5, 0.6) is 0 Å². The van der Waals surface area contributed by atoms with E-state index in [1.807, 2.05) is 20.8 Å². The van der Waals surface area contributed by atoms with E-state index in [0.717, 1.165) is 18.8 Å². The molecule has 82 valence electrons. The molecular formula is C11H22N2O. The molecule has 1 heterocycles. The third-order valence-electron chi connectivity index (χ3n) is 3.02. The van der Waals surface area contributed by atoms with E-state index < -0.39 is 5.60 Å². The summed E-state index contributed by atoms with van der Waals surface area (Å²) in [5.74, 6) is 1.33. The minimum absolute atomic E-state index is 0.263. The topological polar surface area (TPSA) is 44.6 Å². The highest BCUT2D eigenvalue weighted by molar-refractivity contribution is 5.82. The Hall–Kier alpha value is -0.570. The molecule has 0 radical (unpaired) electrons. The average molecular weight is 198 g/mol. The lowest BCUT2D eigenvalue weighted by Crippen LogP contribution is -2.44. The zero-order valence-corrected chi connectivity index (χ0v) is 9.51. The van der Waals surface area contributed by atoms with Crippen molar-refractivity contribution in [3.05, 3.63) is 0 Å². The zero-order valence-electron chi connectivity index (χ0n) is 9.51. The fraction of sp³-hybridized carbons (Fsp3) is 0.909. The van der Waals surface area contributed by atoms with Gasteiger partial charge in [0, 0.05) is 19.5 Å². The van der Waals surface area contributed by atoms with Crippen LogP contribution in [0.25, 0.3) is 0 Å². The van der Waals surface area contributed by atoms with Crippen molar-refractivity contribution in [3.8, 4) is 0 Å². The first-order chi connectivity index (χ1) is 6.52. The highest BCUT2D eigenvalue weighted by atomic mass is 16.3. The van der Waals surface area contributed by atoms with E-state index in [0.29, 0.717) is 6.54 Å². The Bertz CT molecular complexity index is 209. The Labute approximate surface area is 86.6 Å². The van der Waals surface area contributed by atoms with Crippen molar-refractivity contribution in [2.75, 3.05) is 13.1 Å². The number of aliphatic hydroxyl groups is 1. The molecule has 0 amide bonds. The molecule has 1 atom stereocenters. The maximum Gasteiger partial charge on any atom is 0.0964 e. The summed E-state index contributed by atoms with van der Waals surface area (Å²) in [7, 11) is 0. The summed E-state index contributed by atoms with van der Waals surface area (Å²) in [4.78, 5) is 4.39. The van der Waals surface area contributed by atoms with Crippen LogP contribution in [0, 0.1) is 5.92 Å². The summed E-state index contributed by atoms with van der Waals surface area (Å²) in [6, 6.07) is 0. The first-order valence-corrected chi connectivity index (χ1v) is 5.52. The number of hydrogen-bond acceptors (Lipinski definition) is 3. The molecule has 1 aliphatic heterocycles. The Morgan fingerprint density at radius 3 is 2.71 bits per heavy atom. The molecule has 3 heteroatoms. The third kappa shape index (κ3) is 3.29. The third-order valence-corrected chi connectivity index (χ3v) is 3.02. The smallest absolute Gasteiger partial charge is 0.0964 e. The molecule has 0 aromatic heterocycles. The molecule has 1 unspecified atom stereocenters. The van der Waals surface area contributed by atoms with Gasteiger partial charge in [0.1, 0.15) is 0 Å². The van der Waals surface area contributed by atoms with Crippen LogP contribution in [0.2, 0.25) is 0 Å². The zero-order chi connectivity index (χ0) is 10.6. The summed E-state index contributed by atoms with van der Waals surface area (Å²) in [5, 5.41) is 13.2. The van der Waals surface area contributed by atoms with Crippen molar-refractivity contribution < 1.29 is 5.11 Å². The van der Waals surface area contributed by atoms with Crippen LogP contribution in [-0.2, 0) is 0 Å². The Balaban J connectivity index is 2.35. The van der Waals surface area contributed by atoms with Gasteiger partial charge in [-0.2, -0.15) is 0 Å². The van der Waals surface area contributed by atoms with Crippen LogP contribution in [-0.4, -0.2) is 29.6 Å². The number of nitrogens with zero attached hydrogens (tertiary/aromatic N) is 1. The monoisotopic (exact) mass is 198 g/mol. The van der Waals surface area contributed by atoms with Gasteiger partial charge in [-0.3, -0.25) is 4.99 Å². The van der Waals surface area contributed by atoms with Crippen molar-refractivity contribution in [2.45, 2.75) is 45.6 Å². The van der Waals surface area contributed by atoms with Gasteiger partial charge in [-0.15, -0.1) is 0 Å². The standard InChI is InChI=1S/C11H22N2O/c1-9(2)11(3,14)8-13-10-6-4-5-7-12-10/h9,14H,4-8H2,1-3H3,(H,12,13). The summed E-state index contributed by atoms with van der Waals surface area (Å²) >= 11 is 0. The first-order valence-electron chi connectivity index (χ1n) is 5.52. The van der Waals surface area contributed by atoms with Crippen molar-refractivity contribution >= 4 is 5.84 Å². The van der Waals surface area contributed by atoms with Crippen LogP contribution in [0.4, 0.5) is 0 Å². The maximum atomic E-state index is 10.0. The van der Waals surface area contributed by atoms with Gasteiger partial charge in [0.25, 0.3) is 0 Å². The first kappa shape index (κ1) is 11.5. The predicted molar refractivity (Wildman–Crippen MR) is 59.6 cm³/mol. The number of hydrogen-bond donors (Lipinski definition) is 2. The van der Waals surface area contributed by atoms with E-state index in [2.05, 4.69) is 10.3 Å². The molecule has 14 heavy (non-hydrogen) atoms. The minimum atomic E-state index is -0.639. The van der Waals surface area contributed by atoms with Gasteiger partial charge < -0.3 is 10.4 Å². The summed E-state index contributed by atoms with van der Waals surface area (Å²) in [6.45, 7) is 7.47. The summed E-state index contributed by atoms with van der Waals surface area (Å²) in [6.07, 6.45) is 3.45. The summed E-state index contributed by atoms with van der Waals surface area (Å²) < 4.78 is 0. The van der Waals surface area contributed by atoms with Gasteiger partial charge in [-0.1, -0.05) is 13.8 Å². The van der Waals surface area contributed by atoms with E-state index in [9.17, 15) is 5.11 Å². The molecule has 2 N–H and O–H groups in total. The highest BCUT2D eigenvalue weighted by Gasteiger charge is 2.24. The highest BCUT2D eigenvalue weighted by Crippen LogP contribution is 2.15. The molecule has 1 aliphatic rings. The van der Waals surface area contributed by atoms with Crippen LogP contribution in [0.1, 0.15) is 40.0 Å². The maximum absolute atomic E-state index is 10.0. The van der Waals surface area contributed by atoms with Gasteiger partial charge >= 0.3 is 0 Å². The molecule has 0 saturated carbocycles. The lowest BCUT2D eigenvalue weighted by molar-refractivity contribution is 0.0182. The number of nitrogens with one attached hydrogen (secondary N) is 1. The van der Waals surface area contributed by atoms with Crippen molar-refractivity contribution in [1.29, 1.82) is 0 Å². The molecule has 0 bridgehead atoms. The van der Waals surface area contributed by atoms with E-state index in [1.54, 1.807) is 0 Å². The second-order valence-corrected chi connectivity index (χ2v) is 4.65. The van der Waals surface area contributed by atoms with Gasteiger partial charge in [0.05, 0.1) is 11.4 Å². The molecule has 0 aromatic carbocycles. The molecule has 0 saturated heterocycles. The van der Waals surface area contributed by atoms with Gasteiger partial charge in [0.15, 0.2) is 0 Å². The number of rotatable bonds is 3. The van der Waals surface area contributed by atoms with Gasteiger partial charge in [-0.25, -0.2) is 0 Å². The van der Waals surface area contributed by atoms with E-state index in [1.165, 1.54) is 12.8 Å². The van der Waals surface area contributed by atoms with E-state index >= 15 is 0 Å². The molecule has 0 fully saturated rings. The summed E-state index contributed by atoms with van der Waals surface area (Å²) in [5.41, 5.74) is -0.639. The van der Waals surface area contributed by atoms with Crippen LogP contribution >= 0.6 is 0 Å². The Morgan fingerprint density at radius 1 is 1.50 bits per heavy atom. The molecule has 1 rings (SSSR count). The molecule has 3 nitrogen and oxygen atoms in total. The van der Waals surface area contributed by atoms with Crippen molar-refractivity contribution in [3.63, 3.8) is 0 Å². The van der Waals surface area contributed by atoms with E-state index in [4.69, 9.17) is 0 Å². The van der Waals surface area contributed by atoms with Crippen molar-refractivity contribution in [2.24, 2.45) is 10.9 Å². The quantitative estimate of drug-likeness (QED) is 0.723. The van der Waals surface area contributed by atoms with Gasteiger partial charge in [-0.05, 0) is 25.7 Å². The lowest BCUT2D eigenvalue weighted by Gasteiger charge is -2.29. The largest absolute Gasteiger partial charge is 0.388 e. The van der Waals surface area contributed by atoms with Crippen LogP contribution < -0.4 is 5.32 Å². The lowest BCUT2D eigenvalue weighted by atomic mass is 9.92. The molecule has 0 spiro atoms. The molecule has 0 aromatic rings. The molecule has 0 aliphatic carbocycles. The van der Waals surface area contributed by atoms with Crippen LogP contribution in [0.3, 0.4) is 0 Å². The minimum Gasteiger partial charge on any atom is -0.388 e. The average Bonchev–Trinajstić information content (AvgIpc) is 2.16. The van der Waals surface area contributed by atoms with Gasteiger partial charge in [0.2, 0.25) is 0 Å². The van der Waals surface area contributed by atoms with Crippen LogP contribution in [0.15, 0.2) is 4.99 Å². The van der Waals surface area contributed by atoms with Crippen molar-refractivity contribution in [1.82, 2.24) is 5.32 Å². The molecular weight excluding hydrogens is 176 g/mol. The number of aliphatic imine (C=N–C) groups is 1. The fourth-order valence-corrected chi connectivity index (χ4v) is 1.33. The number of amidine groups is 1. The Morgan fingerprint density at radius 2 is 2.21 bits per heavy atom.